The van der Waals surface area contributed by atoms with E-state index in [4.69, 9.17) is 14.2 Å². The van der Waals surface area contributed by atoms with Gasteiger partial charge in [0.25, 0.3) is 5.91 Å². The van der Waals surface area contributed by atoms with E-state index in [1.807, 2.05) is 0 Å². The first kappa shape index (κ1) is 23.1. The van der Waals surface area contributed by atoms with Crippen LogP contribution in [0.4, 0.5) is 4.79 Å². The lowest BCUT2D eigenvalue weighted by Gasteiger charge is -2.37. The lowest BCUT2D eigenvalue weighted by molar-refractivity contribution is -0.116. The van der Waals surface area contributed by atoms with Crippen LogP contribution < -0.4 is 5.32 Å². The Bertz CT molecular complexity index is 868. The van der Waals surface area contributed by atoms with Crippen molar-refractivity contribution in [2.45, 2.75) is 70.9 Å². The average molecular weight is 428 g/mol. The van der Waals surface area contributed by atoms with Crippen molar-refractivity contribution in [3.63, 3.8) is 0 Å². The van der Waals surface area contributed by atoms with Gasteiger partial charge in [0.1, 0.15) is 12.4 Å². The van der Waals surface area contributed by atoms with Gasteiger partial charge in [0.15, 0.2) is 0 Å². The van der Waals surface area contributed by atoms with Crippen molar-refractivity contribution in [1.29, 1.82) is 0 Å². The van der Waals surface area contributed by atoms with E-state index in [-0.39, 0.29) is 18.6 Å². The van der Waals surface area contributed by atoms with Crippen molar-refractivity contribution >= 4 is 17.6 Å². The topological polar surface area (TPSA) is 73.9 Å². The lowest BCUT2D eigenvalue weighted by Crippen LogP contribution is -2.49. The third kappa shape index (κ3) is 4.54. The van der Waals surface area contributed by atoms with Crippen LogP contribution in [-0.2, 0) is 31.8 Å². The molecule has 0 radical (unpaired) electrons. The molecule has 168 valence electrons. The van der Waals surface area contributed by atoms with Gasteiger partial charge < -0.3 is 19.5 Å². The Morgan fingerprint density at radius 1 is 1.23 bits per heavy atom. The summed E-state index contributed by atoms with van der Waals surface area (Å²) < 4.78 is 16.4. The van der Waals surface area contributed by atoms with Gasteiger partial charge in [-0.15, -0.1) is 0 Å². The molecular weight excluding hydrogens is 394 g/mol. The summed E-state index contributed by atoms with van der Waals surface area (Å²) in [5.74, 6) is 0.185. The summed E-state index contributed by atoms with van der Waals surface area (Å²) >= 11 is 0. The van der Waals surface area contributed by atoms with Crippen molar-refractivity contribution in [3.8, 4) is 0 Å². The molecule has 31 heavy (non-hydrogen) atoms. The molecule has 6 nitrogen and oxygen atoms in total. The van der Waals surface area contributed by atoms with Crippen LogP contribution in [0.5, 0.6) is 0 Å². The lowest BCUT2D eigenvalue weighted by atomic mass is 9.78. The highest BCUT2D eigenvalue weighted by molar-refractivity contribution is 6.24. The van der Waals surface area contributed by atoms with Crippen LogP contribution in [0.15, 0.2) is 30.5 Å². The highest BCUT2D eigenvalue weighted by atomic mass is 16.7. The minimum absolute atomic E-state index is 0.0481. The quantitative estimate of drug-likeness (QED) is 0.507. The van der Waals surface area contributed by atoms with Crippen LogP contribution in [0.1, 0.15) is 61.8 Å². The predicted octanol–water partition coefficient (Wildman–Crippen LogP) is 4.63. The van der Waals surface area contributed by atoms with Gasteiger partial charge in [0.2, 0.25) is 0 Å². The zero-order chi connectivity index (χ0) is 22.6. The number of rotatable bonds is 7. The van der Waals surface area contributed by atoms with E-state index in [2.05, 4.69) is 44.8 Å². The van der Waals surface area contributed by atoms with E-state index in [1.54, 1.807) is 7.11 Å². The largest absolute Gasteiger partial charge is 0.513 e. The number of ether oxygens (including phenoxy) is 3. The maximum absolute atomic E-state index is 13.4. The summed E-state index contributed by atoms with van der Waals surface area (Å²) in [6.45, 7) is 9.82. The van der Waals surface area contributed by atoms with E-state index in [0.717, 1.165) is 47.9 Å². The molecule has 0 aromatic heterocycles. The predicted molar refractivity (Wildman–Crippen MR) is 120 cm³/mol. The number of carbonyl (C=O) groups excluding carboxylic acids is 2. The zero-order valence-electron chi connectivity index (χ0n) is 19.0. The molecule has 2 aliphatic rings. The third-order valence-electron chi connectivity index (χ3n) is 6.32. The van der Waals surface area contributed by atoms with Crippen LogP contribution in [-0.4, -0.2) is 37.4 Å². The van der Waals surface area contributed by atoms with E-state index >= 15 is 0 Å². The highest BCUT2D eigenvalue weighted by Crippen LogP contribution is 2.45. The van der Waals surface area contributed by atoms with Crippen LogP contribution in [0.2, 0.25) is 0 Å². The van der Waals surface area contributed by atoms with Crippen molar-refractivity contribution < 1.29 is 23.8 Å². The van der Waals surface area contributed by atoms with Gasteiger partial charge in [-0.05, 0) is 62.1 Å². The summed E-state index contributed by atoms with van der Waals surface area (Å²) in [4.78, 5) is 25.8. The monoisotopic (exact) mass is 427 g/mol. The van der Waals surface area contributed by atoms with E-state index in [9.17, 15) is 9.59 Å². The SMILES string of the molecule is C=CCOC(=O)OC1=C(c2c(CC)cc(C)cc2CC)C(=O)NC12CCC(OC)CC2. The van der Waals surface area contributed by atoms with Crippen LogP contribution in [0.25, 0.3) is 5.57 Å². The second-order valence-electron chi connectivity index (χ2n) is 8.29. The number of amides is 1. The summed E-state index contributed by atoms with van der Waals surface area (Å²) in [6.07, 6.45) is 5.17. The van der Waals surface area contributed by atoms with Gasteiger partial charge in [-0.2, -0.15) is 0 Å². The van der Waals surface area contributed by atoms with Gasteiger partial charge >= 0.3 is 6.16 Å². The Labute approximate surface area is 184 Å². The molecule has 1 aliphatic carbocycles. The number of hydrogen-bond donors (Lipinski definition) is 1. The molecule has 1 spiro atoms. The first-order valence-corrected chi connectivity index (χ1v) is 11.1. The molecule has 1 N–H and O–H groups in total. The van der Waals surface area contributed by atoms with Gasteiger partial charge in [-0.1, -0.05) is 44.2 Å². The molecular formula is C25H33NO5. The molecule has 1 heterocycles. The first-order valence-electron chi connectivity index (χ1n) is 11.1. The normalized spacial score (nSPS) is 23.1. The minimum Gasteiger partial charge on any atom is -0.430 e. The van der Waals surface area contributed by atoms with Crippen molar-refractivity contribution in [3.05, 3.63) is 52.8 Å². The van der Waals surface area contributed by atoms with Gasteiger partial charge in [0, 0.05) is 7.11 Å². The summed E-state index contributed by atoms with van der Waals surface area (Å²) in [5.41, 5.74) is 3.91. The smallest absolute Gasteiger partial charge is 0.430 e. The van der Waals surface area contributed by atoms with Gasteiger partial charge in [0.05, 0.1) is 17.2 Å². The number of carbonyl (C=O) groups is 2. The molecule has 1 amide bonds. The Balaban J connectivity index is 2.16. The molecule has 6 heteroatoms. The molecule has 1 fully saturated rings. The van der Waals surface area contributed by atoms with Crippen LogP contribution >= 0.6 is 0 Å². The van der Waals surface area contributed by atoms with Crippen LogP contribution in [0, 0.1) is 6.92 Å². The Morgan fingerprint density at radius 3 is 2.35 bits per heavy atom. The number of methoxy groups -OCH3 is 1. The molecule has 0 atom stereocenters. The summed E-state index contributed by atoms with van der Waals surface area (Å²) in [7, 11) is 1.70. The Kier molecular flexibility index (Phi) is 7.21. The molecule has 1 aromatic rings. The Morgan fingerprint density at radius 2 is 1.84 bits per heavy atom. The van der Waals surface area contributed by atoms with Crippen LogP contribution in [0.3, 0.4) is 0 Å². The second-order valence-corrected chi connectivity index (χ2v) is 8.29. The second kappa shape index (κ2) is 9.69. The fourth-order valence-electron chi connectivity index (χ4n) is 4.79. The number of aryl methyl sites for hydroxylation is 3. The molecule has 0 saturated heterocycles. The zero-order valence-corrected chi connectivity index (χ0v) is 19.0. The maximum Gasteiger partial charge on any atom is 0.513 e. The molecule has 3 rings (SSSR count). The number of nitrogens with one attached hydrogen (secondary N) is 1. The minimum atomic E-state index is -0.819. The fraction of sp³-hybridized carbons (Fsp3) is 0.520. The van der Waals surface area contributed by atoms with E-state index < -0.39 is 11.7 Å². The highest BCUT2D eigenvalue weighted by Gasteiger charge is 2.50. The molecule has 1 saturated carbocycles. The molecule has 0 unspecified atom stereocenters. The first-order chi connectivity index (χ1) is 14.9. The van der Waals surface area contributed by atoms with Gasteiger partial charge in [-0.25, -0.2) is 4.79 Å². The Hall–Kier alpha value is -2.60. The molecule has 0 bridgehead atoms. The average Bonchev–Trinajstić information content (AvgIpc) is 3.02. The van der Waals surface area contributed by atoms with Gasteiger partial charge in [-0.3, -0.25) is 4.79 Å². The van der Waals surface area contributed by atoms with Crippen molar-refractivity contribution in [2.75, 3.05) is 13.7 Å². The third-order valence-corrected chi connectivity index (χ3v) is 6.32. The standard InChI is InChI=1S/C25H33NO5/c1-6-13-30-24(28)31-22-21(20-17(7-2)14-16(4)15-18(20)8-3)23(27)26-25(22)11-9-19(29-5)10-12-25/h6,14-15,19H,1,7-13H2,2-5H3,(H,26,27). The fourth-order valence-corrected chi connectivity index (χ4v) is 4.79. The number of hydrogen-bond acceptors (Lipinski definition) is 5. The summed E-state index contributed by atoms with van der Waals surface area (Å²) in [6, 6.07) is 4.21. The number of benzene rings is 1. The molecule has 1 aliphatic heterocycles. The molecule has 1 aromatic carbocycles. The van der Waals surface area contributed by atoms with Crippen molar-refractivity contribution in [2.24, 2.45) is 0 Å². The van der Waals surface area contributed by atoms with E-state index in [1.165, 1.54) is 6.08 Å². The van der Waals surface area contributed by atoms with E-state index in [0.29, 0.717) is 24.2 Å². The van der Waals surface area contributed by atoms with Crippen molar-refractivity contribution in [1.82, 2.24) is 5.32 Å². The maximum atomic E-state index is 13.4. The summed E-state index contributed by atoms with van der Waals surface area (Å²) in [5, 5.41) is 3.17.